The monoisotopic (exact) mass is 277 g/mol. The Hall–Kier alpha value is -0.860. The number of benzene rings is 1. The predicted molar refractivity (Wildman–Crippen MR) is 87.2 cm³/mol. The van der Waals surface area contributed by atoms with E-state index in [0.29, 0.717) is 5.92 Å². The zero-order valence-electron chi connectivity index (χ0n) is 13.8. The highest BCUT2D eigenvalue weighted by Gasteiger charge is 2.15. The van der Waals surface area contributed by atoms with Crippen molar-refractivity contribution in [3.8, 4) is 0 Å². The summed E-state index contributed by atoms with van der Waals surface area (Å²) < 4.78 is 5.53. The van der Waals surface area contributed by atoms with E-state index in [4.69, 9.17) is 4.74 Å². The zero-order valence-corrected chi connectivity index (χ0v) is 13.8. The predicted octanol–water partition coefficient (Wildman–Crippen LogP) is 3.97. The molecule has 0 aromatic heterocycles. The number of nitrogens with one attached hydrogen (secondary N) is 1. The van der Waals surface area contributed by atoms with Crippen LogP contribution < -0.4 is 5.32 Å². The van der Waals surface area contributed by atoms with Gasteiger partial charge in [-0.2, -0.15) is 0 Å². The van der Waals surface area contributed by atoms with Gasteiger partial charge in [0.25, 0.3) is 0 Å². The van der Waals surface area contributed by atoms with E-state index in [-0.39, 0.29) is 5.54 Å². The molecule has 2 heteroatoms. The van der Waals surface area contributed by atoms with Crippen LogP contribution in [0.15, 0.2) is 24.3 Å². The number of ether oxygens (including phenoxy) is 1. The van der Waals surface area contributed by atoms with Crippen LogP contribution in [-0.4, -0.2) is 25.3 Å². The summed E-state index contributed by atoms with van der Waals surface area (Å²) in [4.78, 5) is 0. The zero-order chi connectivity index (χ0) is 15.0. The van der Waals surface area contributed by atoms with Crippen molar-refractivity contribution in [1.29, 1.82) is 0 Å². The molecule has 0 bridgehead atoms. The lowest BCUT2D eigenvalue weighted by atomic mass is 9.94. The highest BCUT2D eigenvalue weighted by atomic mass is 16.5. The van der Waals surface area contributed by atoms with Gasteiger partial charge in [0.2, 0.25) is 0 Å². The Balaban J connectivity index is 2.56. The Kier molecular flexibility index (Phi) is 7.25. The van der Waals surface area contributed by atoms with E-state index in [1.165, 1.54) is 11.1 Å². The number of hydrogen-bond acceptors (Lipinski definition) is 2. The normalized spacial score (nSPS) is 13.4. The van der Waals surface area contributed by atoms with Crippen LogP contribution in [0.1, 0.15) is 45.2 Å². The molecule has 114 valence electrons. The van der Waals surface area contributed by atoms with E-state index in [9.17, 15) is 0 Å². The molecule has 0 spiro atoms. The molecule has 2 nitrogen and oxygen atoms in total. The summed E-state index contributed by atoms with van der Waals surface area (Å²) in [5.74, 6) is 0.627. The van der Waals surface area contributed by atoms with Gasteiger partial charge in [-0.3, -0.25) is 0 Å². The molecule has 1 rings (SSSR count). The maximum Gasteiger partial charge on any atom is 0.0469 e. The Bertz CT molecular complexity index is 381. The standard InChI is InChI=1S/C18H31NO/c1-6-20-11-10-17(14-19-18(3,4)5)13-16-9-7-8-15(2)12-16/h7-9,12,17,19H,6,10-11,13-14H2,1-5H3. The topological polar surface area (TPSA) is 21.3 Å². The van der Waals surface area contributed by atoms with E-state index in [0.717, 1.165) is 32.6 Å². The van der Waals surface area contributed by atoms with Crippen molar-refractivity contribution < 1.29 is 4.74 Å². The Morgan fingerprint density at radius 3 is 2.60 bits per heavy atom. The van der Waals surface area contributed by atoms with Crippen molar-refractivity contribution in [2.45, 2.75) is 53.0 Å². The number of rotatable bonds is 8. The van der Waals surface area contributed by atoms with Crippen molar-refractivity contribution in [3.05, 3.63) is 35.4 Å². The van der Waals surface area contributed by atoms with Gasteiger partial charge < -0.3 is 10.1 Å². The van der Waals surface area contributed by atoms with Crippen LogP contribution in [0.3, 0.4) is 0 Å². The van der Waals surface area contributed by atoms with Gasteiger partial charge in [-0.05, 0) is 65.5 Å². The van der Waals surface area contributed by atoms with Crippen molar-refractivity contribution in [2.75, 3.05) is 19.8 Å². The van der Waals surface area contributed by atoms with Gasteiger partial charge in [-0.25, -0.2) is 0 Å². The van der Waals surface area contributed by atoms with Gasteiger partial charge in [0.1, 0.15) is 0 Å². The molecular weight excluding hydrogens is 246 g/mol. The van der Waals surface area contributed by atoms with Crippen LogP contribution >= 0.6 is 0 Å². The molecule has 1 unspecified atom stereocenters. The van der Waals surface area contributed by atoms with Crippen molar-refractivity contribution >= 4 is 0 Å². The minimum absolute atomic E-state index is 0.177. The maximum atomic E-state index is 5.53. The first kappa shape index (κ1) is 17.2. The van der Waals surface area contributed by atoms with Crippen molar-refractivity contribution in [3.63, 3.8) is 0 Å². The van der Waals surface area contributed by atoms with E-state index >= 15 is 0 Å². The minimum atomic E-state index is 0.177. The van der Waals surface area contributed by atoms with Gasteiger partial charge in [0.15, 0.2) is 0 Å². The van der Waals surface area contributed by atoms with Crippen LogP contribution in [0.2, 0.25) is 0 Å². The Morgan fingerprint density at radius 2 is 2.00 bits per heavy atom. The van der Waals surface area contributed by atoms with Crippen molar-refractivity contribution in [2.24, 2.45) is 5.92 Å². The summed E-state index contributed by atoms with van der Waals surface area (Å²) >= 11 is 0. The van der Waals surface area contributed by atoms with E-state index in [1.54, 1.807) is 0 Å². The highest BCUT2D eigenvalue weighted by molar-refractivity contribution is 5.22. The molecule has 0 saturated heterocycles. The molecule has 1 aromatic rings. The van der Waals surface area contributed by atoms with E-state index < -0.39 is 0 Å². The van der Waals surface area contributed by atoms with Crippen LogP contribution in [-0.2, 0) is 11.2 Å². The van der Waals surface area contributed by atoms with Gasteiger partial charge in [-0.1, -0.05) is 29.8 Å². The molecule has 1 atom stereocenters. The molecule has 0 fully saturated rings. The molecule has 0 amide bonds. The van der Waals surface area contributed by atoms with Gasteiger partial charge in [0.05, 0.1) is 0 Å². The Morgan fingerprint density at radius 1 is 1.25 bits per heavy atom. The second-order valence-corrected chi connectivity index (χ2v) is 6.68. The third kappa shape index (κ3) is 7.66. The molecule has 0 aliphatic heterocycles. The fraction of sp³-hybridized carbons (Fsp3) is 0.667. The minimum Gasteiger partial charge on any atom is -0.382 e. The van der Waals surface area contributed by atoms with E-state index in [1.807, 2.05) is 0 Å². The van der Waals surface area contributed by atoms with Crippen molar-refractivity contribution in [1.82, 2.24) is 5.32 Å². The SMILES string of the molecule is CCOCCC(CNC(C)(C)C)Cc1cccc(C)c1. The smallest absolute Gasteiger partial charge is 0.0469 e. The first-order valence-electron chi connectivity index (χ1n) is 7.79. The Labute approximate surface area is 124 Å². The molecular formula is C18H31NO. The molecule has 20 heavy (non-hydrogen) atoms. The average Bonchev–Trinajstić information content (AvgIpc) is 2.35. The molecule has 0 saturated carbocycles. The summed E-state index contributed by atoms with van der Waals surface area (Å²) in [6.45, 7) is 13.6. The van der Waals surface area contributed by atoms with E-state index in [2.05, 4.69) is 64.2 Å². The molecule has 1 N–H and O–H groups in total. The van der Waals surface area contributed by atoms with Crippen LogP contribution in [0.4, 0.5) is 0 Å². The molecule has 1 aromatic carbocycles. The van der Waals surface area contributed by atoms with Gasteiger partial charge >= 0.3 is 0 Å². The van der Waals surface area contributed by atoms with Crippen LogP contribution in [0.5, 0.6) is 0 Å². The number of hydrogen-bond donors (Lipinski definition) is 1. The first-order chi connectivity index (χ1) is 9.40. The molecule has 0 aliphatic rings. The lowest BCUT2D eigenvalue weighted by Crippen LogP contribution is -2.39. The number of aryl methyl sites for hydroxylation is 1. The van der Waals surface area contributed by atoms with Crippen LogP contribution in [0, 0.1) is 12.8 Å². The summed E-state index contributed by atoms with van der Waals surface area (Å²) in [6, 6.07) is 8.84. The maximum absolute atomic E-state index is 5.53. The molecule has 0 radical (unpaired) electrons. The summed E-state index contributed by atoms with van der Waals surface area (Å²) in [7, 11) is 0. The third-order valence-electron chi connectivity index (χ3n) is 3.40. The summed E-state index contributed by atoms with van der Waals surface area (Å²) in [6.07, 6.45) is 2.24. The second kappa shape index (κ2) is 8.43. The average molecular weight is 277 g/mol. The third-order valence-corrected chi connectivity index (χ3v) is 3.40. The summed E-state index contributed by atoms with van der Waals surface area (Å²) in [5, 5.41) is 3.63. The highest BCUT2D eigenvalue weighted by Crippen LogP contribution is 2.15. The van der Waals surface area contributed by atoms with Gasteiger partial charge in [-0.15, -0.1) is 0 Å². The molecule has 0 aliphatic carbocycles. The molecule has 0 heterocycles. The van der Waals surface area contributed by atoms with Gasteiger partial charge in [0, 0.05) is 18.8 Å². The second-order valence-electron chi connectivity index (χ2n) is 6.68. The largest absolute Gasteiger partial charge is 0.382 e. The lowest BCUT2D eigenvalue weighted by Gasteiger charge is -2.25. The lowest BCUT2D eigenvalue weighted by molar-refractivity contribution is 0.130. The quantitative estimate of drug-likeness (QED) is 0.726. The summed E-state index contributed by atoms with van der Waals surface area (Å²) in [5.41, 5.74) is 2.95. The fourth-order valence-corrected chi connectivity index (χ4v) is 2.29. The van der Waals surface area contributed by atoms with Crippen LogP contribution in [0.25, 0.3) is 0 Å². The fourth-order valence-electron chi connectivity index (χ4n) is 2.29. The first-order valence-corrected chi connectivity index (χ1v) is 7.79.